The maximum Gasteiger partial charge on any atom is 0.417 e. The predicted octanol–water partition coefficient (Wildman–Crippen LogP) is 2.84. The van der Waals surface area contributed by atoms with Gasteiger partial charge in [-0.05, 0) is 44.8 Å². The number of carbonyl (C=O) groups is 1. The summed E-state index contributed by atoms with van der Waals surface area (Å²) in [5, 5.41) is 6.36. The van der Waals surface area contributed by atoms with Crippen LogP contribution >= 0.6 is 11.6 Å². The number of carbonyl (C=O) groups excluding carboxylic acids is 1. The predicted molar refractivity (Wildman–Crippen MR) is 93.2 cm³/mol. The molecule has 144 valence electrons. The lowest BCUT2D eigenvalue weighted by molar-refractivity contribution is -0.137. The Kier molecular flexibility index (Phi) is 5.92. The van der Waals surface area contributed by atoms with Gasteiger partial charge in [0.2, 0.25) is 5.91 Å². The fraction of sp³-hybridized carbons (Fsp3) is 0.647. The standard InChI is InChI=1S/C17H22ClF3N4O/c18-14-9-12(17(19,20)21)10-23-15(14)25-7-3-11(4-8-25)16(26)24-13-1-5-22-6-2-13/h9-11,13,22H,1-8H2,(H,24,26). The summed E-state index contributed by atoms with van der Waals surface area (Å²) in [6, 6.07) is 1.13. The van der Waals surface area contributed by atoms with Crippen LogP contribution in [0.2, 0.25) is 5.02 Å². The molecule has 2 saturated heterocycles. The second-order valence-electron chi connectivity index (χ2n) is 6.82. The van der Waals surface area contributed by atoms with Gasteiger partial charge < -0.3 is 15.5 Å². The molecule has 0 saturated carbocycles. The zero-order valence-electron chi connectivity index (χ0n) is 14.3. The van der Waals surface area contributed by atoms with Crippen LogP contribution in [0.25, 0.3) is 0 Å². The highest BCUT2D eigenvalue weighted by Gasteiger charge is 2.33. The highest BCUT2D eigenvalue weighted by molar-refractivity contribution is 6.33. The molecule has 2 fully saturated rings. The minimum atomic E-state index is -4.46. The van der Waals surface area contributed by atoms with Gasteiger partial charge in [0.15, 0.2) is 0 Å². The van der Waals surface area contributed by atoms with Crippen molar-refractivity contribution in [3.8, 4) is 0 Å². The molecule has 1 amide bonds. The normalized spacial score (nSPS) is 20.2. The number of amides is 1. The Bertz CT molecular complexity index is 641. The summed E-state index contributed by atoms with van der Waals surface area (Å²) in [6.07, 6.45) is -0.511. The largest absolute Gasteiger partial charge is 0.417 e. The first-order valence-corrected chi connectivity index (χ1v) is 9.21. The smallest absolute Gasteiger partial charge is 0.355 e. The second kappa shape index (κ2) is 8.00. The number of anilines is 1. The molecule has 2 aliphatic rings. The van der Waals surface area contributed by atoms with Gasteiger partial charge in [0.1, 0.15) is 5.82 Å². The zero-order chi connectivity index (χ0) is 18.7. The van der Waals surface area contributed by atoms with Gasteiger partial charge in [0, 0.05) is 31.2 Å². The Balaban J connectivity index is 1.55. The third kappa shape index (κ3) is 4.59. The van der Waals surface area contributed by atoms with Crippen LogP contribution < -0.4 is 15.5 Å². The maximum atomic E-state index is 12.7. The molecule has 0 unspecified atom stereocenters. The molecule has 2 N–H and O–H groups in total. The summed E-state index contributed by atoms with van der Waals surface area (Å²) < 4.78 is 38.1. The van der Waals surface area contributed by atoms with Crippen LogP contribution in [-0.4, -0.2) is 43.1 Å². The van der Waals surface area contributed by atoms with E-state index in [1.807, 2.05) is 4.90 Å². The van der Waals surface area contributed by atoms with Gasteiger partial charge in [-0.1, -0.05) is 11.6 Å². The topological polar surface area (TPSA) is 57.3 Å². The van der Waals surface area contributed by atoms with Gasteiger partial charge in [-0.15, -0.1) is 0 Å². The number of nitrogens with zero attached hydrogens (tertiary/aromatic N) is 2. The SMILES string of the molecule is O=C(NC1CCNCC1)C1CCN(c2ncc(C(F)(F)F)cc2Cl)CC1. The van der Waals surface area contributed by atoms with Gasteiger partial charge in [-0.2, -0.15) is 13.2 Å². The van der Waals surface area contributed by atoms with E-state index in [2.05, 4.69) is 15.6 Å². The van der Waals surface area contributed by atoms with Crippen LogP contribution in [0.3, 0.4) is 0 Å². The summed E-state index contributed by atoms with van der Waals surface area (Å²) in [6.45, 7) is 2.92. The van der Waals surface area contributed by atoms with E-state index in [0.29, 0.717) is 31.7 Å². The Morgan fingerprint density at radius 1 is 1.23 bits per heavy atom. The Labute approximate surface area is 155 Å². The fourth-order valence-electron chi connectivity index (χ4n) is 3.46. The molecule has 0 radical (unpaired) electrons. The molecule has 3 rings (SSSR count). The monoisotopic (exact) mass is 390 g/mol. The summed E-state index contributed by atoms with van der Waals surface area (Å²) in [7, 11) is 0. The molecular weight excluding hydrogens is 369 g/mol. The minimum absolute atomic E-state index is 0.0163. The van der Waals surface area contributed by atoms with Crippen molar-refractivity contribution in [3.05, 3.63) is 22.8 Å². The number of hydrogen-bond donors (Lipinski definition) is 2. The number of rotatable bonds is 3. The summed E-state index contributed by atoms with van der Waals surface area (Å²) in [4.78, 5) is 18.2. The van der Waals surface area contributed by atoms with E-state index in [-0.39, 0.29) is 22.9 Å². The van der Waals surface area contributed by atoms with Gasteiger partial charge >= 0.3 is 6.18 Å². The van der Waals surface area contributed by atoms with Crippen molar-refractivity contribution >= 4 is 23.3 Å². The lowest BCUT2D eigenvalue weighted by atomic mass is 9.94. The highest BCUT2D eigenvalue weighted by atomic mass is 35.5. The minimum Gasteiger partial charge on any atom is -0.355 e. The van der Waals surface area contributed by atoms with E-state index < -0.39 is 11.7 Å². The van der Waals surface area contributed by atoms with E-state index in [9.17, 15) is 18.0 Å². The molecular formula is C17H22ClF3N4O. The number of halogens is 4. The van der Waals surface area contributed by atoms with E-state index in [0.717, 1.165) is 38.2 Å². The van der Waals surface area contributed by atoms with Crippen LogP contribution in [0, 0.1) is 5.92 Å². The average Bonchev–Trinajstić information content (AvgIpc) is 2.62. The highest BCUT2D eigenvalue weighted by Crippen LogP contribution is 2.34. The molecule has 0 aromatic carbocycles. The van der Waals surface area contributed by atoms with Crippen molar-refractivity contribution in [1.29, 1.82) is 0 Å². The molecule has 0 spiro atoms. The summed E-state index contributed by atoms with van der Waals surface area (Å²) >= 11 is 6.01. The van der Waals surface area contributed by atoms with Crippen molar-refractivity contribution in [2.24, 2.45) is 5.92 Å². The van der Waals surface area contributed by atoms with Crippen LogP contribution in [-0.2, 0) is 11.0 Å². The van der Waals surface area contributed by atoms with Gasteiger partial charge in [0.25, 0.3) is 0 Å². The van der Waals surface area contributed by atoms with E-state index >= 15 is 0 Å². The summed E-state index contributed by atoms with van der Waals surface area (Å²) in [5.41, 5.74) is -0.859. The molecule has 0 atom stereocenters. The number of hydrogen-bond acceptors (Lipinski definition) is 4. The molecule has 3 heterocycles. The summed E-state index contributed by atoms with van der Waals surface area (Å²) in [5.74, 6) is 0.342. The molecule has 5 nitrogen and oxygen atoms in total. The molecule has 2 aliphatic heterocycles. The van der Waals surface area contributed by atoms with Crippen LogP contribution in [0.5, 0.6) is 0 Å². The fourth-order valence-corrected chi connectivity index (χ4v) is 3.74. The lowest BCUT2D eigenvalue weighted by Crippen LogP contribution is -2.47. The molecule has 9 heteroatoms. The Hall–Kier alpha value is -1.54. The number of alkyl halides is 3. The van der Waals surface area contributed by atoms with Crippen molar-refractivity contribution in [2.75, 3.05) is 31.1 Å². The number of nitrogens with one attached hydrogen (secondary N) is 2. The van der Waals surface area contributed by atoms with E-state index in [1.165, 1.54) is 0 Å². The molecule has 0 bridgehead atoms. The first-order chi connectivity index (χ1) is 12.3. The second-order valence-corrected chi connectivity index (χ2v) is 7.23. The Morgan fingerprint density at radius 2 is 1.88 bits per heavy atom. The first-order valence-electron chi connectivity index (χ1n) is 8.83. The zero-order valence-corrected chi connectivity index (χ0v) is 15.0. The number of piperidine rings is 2. The van der Waals surface area contributed by atoms with Crippen molar-refractivity contribution in [3.63, 3.8) is 0 Å². The van der Waals surface area contributed by atoms with Gasteiger partial charge in [0.05, 0.1) is 10.6 Å². The quantitative estimate of drug-likeness (QED) is 0.833. The number of pyridine rings is 1. The molecule has 0 aliphatic carbocycles. The van der Waals surface area contributed by atoms with Crippen molar-refractivity contribution < 1.29 is 18.0 Å². The van der Waals surface area contributed by atoms with E-state index in [1.54, 1.807) is 0 Å². The van der Waals surface area contributed by atoms with Crippen LogP contribution in [0.4, 0.5) is 19.0 Å². The van der Waals surface area contributed by atoms with E-state index in [4.69, 9.17) is 11.6 Å². The third-order valence-corrected chi connectivity index (χ3v) is 5.28. The van der Waals surface area contributed by atoms with Gasteiger partial charge in [-0.3, -0.25) is 4.79 Å². The van der Waals surface area contributed by atoms with Gasteiger partial charge in [-0.25, -0.2) is 4.98 Å². The molecule has 1 aromatic rings. The lowest BCUT2D eigenvalue weighted by Gasteiger charge is -2.34. The Morgan fingerprint density at radius 3 is 2.46 bits per heavy atom. The molecule has 1 aromatic heterocycles. The number of aromatic nitrogens is 1. The maximum absolute atomic E-state index is 12.7. The first kappa shape index (κ1) is 19.2. The third-order valence-electron chi connectivity index (χ3n) is 5.00. The van der Waals surface area contributed by atoms with Crippen LogP contribution in [0.15, 0.2) is 12.3 Å². The average molecular weight is 391 g/mol. The van der Waals surface area contributed by atoms with Crippen molar-refractivity contribution in [2.45, 2.75) is 37.9 Å². The van der Waals surface area contributed by atoms with Crippen LogP contribution in [0.1, 0.15) is 31.2 Å². The van der Waals surface area contributed by atoms with Crippen molar-refractivity contribution in [1.82, 2.24) is 15.6 Å². The molecule has 26 heavy (non-hydrogen) atoms.